The van der Waals surface area contributed by atoms with E-state index in [-0.39, 0.29) is 5.91 Å². The summed E-state index contributed by atoms with van der Waals surface area (Å²) in [5.74, 6) is 1.37. The van der Waals surface area contributed by atoms with Gasteiger partial charge in [-0.2, -0.15) is 0 Å². The summed E-state index contributed by atoms with van der Waals surface area (Å²) < 4.78 is 5.37. The molecule has 5 rings (SSSR count). The topological polar surface area (TPSA) is 48.6 Å². The average molecular weight is 468 g/mol. The first-order valence-corrected chi connectivity index (χ1v) is 12.5. The van der Waals surface area contributed by atoms with E-state index in [1.807, 2.05) is 71.6 Å². The number of H-pyrrole nitrogens is 1. The van der Waals surface area contributed by atoms with E-state index >= 15 is 0 Å². The number of carbonyl (C=O) groups excluding carboxylic acids is 1. The number of carbonyl (C=O) groups is 1. The number of benzene rings is 3. The van der Waals surface area contributed by atoms with Crippen molar-refractivity contribution in [3.63, 3.8) is 0 Å². The Bertz CT molecular complexity index is 1230. The molecule has 0 saturated carbocycles. The smallest absolute Gasteiger partial charge is 0.274 e. The highest BCUT2D eigenvalue weighted by atomic mass is 16.5. The number of anilines is 1. The highest BCUT2D eigenvalue weighted by molar-refractivity contribution is 6.07. The monoisotopic (exact) mass is 467 g/mol. The van der Waals surface area contributed by atoms with E-state index in [1.165, 1.54) is 5.56 Å². The minimum absolute atomic E-state index is 0.0286. The summed E-state index contributed by atoms with van der Waals surface area (Å²) >= 11 is 0. The highest BCUT2D eigenvalue weighted by Crippen LogP contribution is 2.25. The van der Waals surface area contributed by atoms with Crippen molar-refractivity contribution in [3.8, 4) is 5.75 Å². The molecule has 1 aliphatic heterocycles. The number of nitrogens with zero attached hydrogens (tertiary/aromatic N) is 2. The SMILES string of the molecule is COc1cccc(CCN2CCCC(CN(C(=O)c3cc4ccccc4[nH]3)c3ccccc3)C2)c1. The Balaban J connectivity index is 1.29. The van der Waals surface area contributed by atoms with E-state index in [0.29, 0.717) is 18.2 Å². The zero-order valence-corrected chi connectivity index (χ0v) is 20.3. The van der Waals surface area contributed by atoms with Gasteiger partial charge in [0.1, 0.15) is 11.4 Å². The Morgan fingerprint density at radius 3 is 2.69 bits per heavy atom. The molecule has 5 nitrogen and oxygen atoms in total. The van der Waals surface area contributed by atoms with Crippen LogP contribution in [-0.2, 0) is 6.42 Å². The van der Waals surface area contributed by atoms with Crippen molar-refractivity contribution >= 4 is 22.5 Å². The summed E-state index contributed by atoms with van der Waals surface area (Å²) in [5.41, 5.74) is 3.88. The van der Waals surface area contributed by atoms with Gasteiger partial charge >= 0.3 is 0 Å². The molecule has 1 unspecified atom stereocenters. The van der Waals surface area contributed by atoms with Gasteiger partial charge in [0.05, 0.1) is 7.11 Å². The van der Waals surface area contributed by atoms with Gasteiger partial charge in [-0.1, -0.05) is 48.5 Å². The Morgan fingerprint density at radius 2 is 1.86 bits per heavy atom. The van der Waals surface area contributed by atoms with E-state index in [0.717, 1.165) is 61.2 Å². The van der Waals surface area contributed by atoms with Crippen LogP contribution in [0.3, 0.4) is 0 Å². The molecule has 1 fully saturated rings. The minimum atomic E-state index is 0.0286. The number of ether oxygens (including phenoxy) is 1. The number of hydrogen-bond donors (Lipinski definition) is 1. The molecule has 35 heavy (non-hydrogen) atoms. The predicted molar refractivity (Wildman–Crippen MR) is 142 cm³/mol. The molecule has 3 aromatic carbocycles. The van der Waals surface area contributed by atoms with Gasteiger partial charge in [0.25, 0.3) is 5.91 Å². The van der Waals surface area contributed by atoms with Gasteiger partial charge in [0.15, 0.2) is 0 Å². The van der Waals surface area contributed by atoms with Crippen LogP contribution in [0.25, 0.3) is 10.9 Å². The summed E-state index contributed by atoms with van der Waals surface area (Å²) in [6, 6.07) is 28.4. The maximum atomic E-state index is 13.7. The molecule has 1 amide bonds. The maximum absolute atomic E-state index is 13.7. The number of rotatable bonds is 8. The van der Waals surface area contributed by atoms with E-state index in [9.17, 15) is 4.79 Å². The first-order chi connectivity index (χ1) is 17.2. The molecule has 4 aromatic rings. The highest BCUT2D eigenvalue weighted by Gasteiger charge is 2.26. The van der Waals surface area contributed by atoms with Crippen LogP contribution in [0.15, 0.2) is 84.9 Å². The molecular formula is C30H33N3O2. The number of piperidine rings is 1. The fourth-order valence-corrected chi connectivity index (χ4v) is 5.12. The zero-order chi connectivity index (χ0) is 24.0. The molecule has 1 aromatic heterocycles. The van der Waals surface area contributed by atoms with E-state index in [2.05, 4.69) is 28.1 Å². The molecule has 1 atom stereocenters. The van der Waals surface area contributed by atoms with Crippen LogP contribution in [0.2, 0.25) is 0 Å². The number of aromatic nitrogens is 1. The van der Waals surface area contributed by atoms with Crippen molar-refractivity contribution in [3.05, 3.63) is 96.2 Å². The number of likely N-dealkylation sites (tertiary alicyclic amines) is 1. The second kappa shape index (κ2) is 10.8. The number of para-hydroxylation sites is 2. The van der Waals surface area contributed by atoms with Gasteiger partial charge in [-0.25, -0.2) is 0 Å². The molecule has 1 N–H and O–H groups in total. The lowest BCUT2D eigenvalue weighted by Gasteiger charge is -2.35. The molecular weight excluding hydrogens is 434 g/mol. The largest absolute Gasteiger partial charge is 0.497 e. The molecule has 180 valence electrons. The van der Waals surface area contributed by atoms with Gasteiger partial charge in [0, 0.05) is 36.2 Å². The van der Waals surface area contributed by atoms with Crippen LogP contribution in [0, 0.1) is 5.92 Å². The lowest BCUT2D eigenvalue weighted by atomic mass is 9.96. The van der Waals surface area contributed by atoms with Crippen LogP contribution >= 0.6 is 0 Å². The Morgan fingerprint density at radius 1 is 1.03 bits per heavy atom. The van der Waals surface area contributed by atoms with Gasteiger partial charge < -0.3 is 19.5 Å². The first kappa shape index (κ1) is 23.2. The van der Waals surface area contributed by atoms with Crippen LogP contribution < -0.4 is 9.64 Å². The van der Waals surface area contributed by atoms with Crippen LogP contribution in [-0.4, -0.2) is 49.1 Å². The van der Waals surface area contributed by atoms with E-state index < -0.39 is 0 Å². The standard InChI is InChI=1S/C30H33N3O2/c1-35-27-14-7-9-23(19-27)16-18-32-17-8-10-24(21-32)22-33(26-12-3-2-4-13-26)30(34)29-20-25-11-5-6-15-28(25)31-29/h2-7,9,11-15,19-20,24,31H,8,10,16-18,21-22H2,1H3. The normalized spacial score (nSPS) is 16.3. The number of fused-ring (bicyclic) bond motifs is 1. The summed E-state index contributed by atoms with van der Waals surface area (Å²) in [6.07, 6.45) is 3.30. The van der Waals surface area contributed by atoms with Crippen molar-refractivity contribution in [1.82, 2.24) is 9.88 Å². The quantitative estimate of drug-likeness (QED) is 0.357. The van der Waals surface area contributed by atoms with E-state index in [1.54, 1.807) is 7.11 Å². The fraction of sp³-hybridized carbons (Fsp3) is 0.300. The summed E-state index contributed by atoms with van der Waals surface area (Å²) in [4.78, 5) is 21.5. The maximum Gasteiger partial charge on any atom is 0.274 e. The molecule has 1 aliphatic rings. The fourth-order valence-electron chi connectivity index (χ4n) is 5.12. The van der Waals surface area contributed by atoms with Gasteiger partial charge in [-0.15, -0.1) is 0 Å². The van der Waals surface area contributed by atoms with E-state index in [4.69, 9.17) is 4.74 Å². The minimum Gasteiger partial charge on any atom is -0.497 e. The Labute approximate surface area is 207 Å². The van der Waals surface area contributed by atoms with Crippen molar-refractivity contribution in [2.75, 3.05) is 38.2 Å². The number of amides is 1. The van der Waals surface area contributed by atoms with Gasteiger partial charge in [-0.05, 0) is 73.7 Å². The third-order valence-corrected chi connectivity index (χ3v) is 6.97. The molecule has 5 heteroatoms. The molecule has 0 bridgehead atoms. The van der Waals surface area contributed by atoms with Crippen molar-refractivity contribution < 1.29 is 9.53 Å². The number of hydrogen-bond acceptors (Lipinski definition) is 3. The zero-order valence-electron chi connectivity index (χ0n) is 20.3. The Hall–Kier alpha value is -3.57. The average Bonchev–Trinajstić information content (AvgIpc) is 3.36. The van der Waals surface area contributed by atoms with Crippen molar-refractivity contribution in [2.24, 2.45) is 5.92 Å². The predicted octanol–water partition coefficient (Wildman–Crippen LogP) is 5.78. The van der Waals surface area contributed by atoms with Gasteiger partial charge in [0.2, 0.25) is 0 Å². The summed E-state index contributed by atoms with van der Waals surface area (Å²) in [5, 5.41) is 1.06. The van der Waals surface area contributed by atoms with Crippen LogP contribution in [0.5, 0.6) is 5.75 Å². The number of methoxy groups -OCH3 is 1. The third-order valence-electron chi connectivity index (χ3n) is 6.97. The lowest BCUT2D eigenvalue weighted by molar-refractivity contribution is 0.0969. The molecule has 0 radical (unpaired) electrons. The summed E-state index contributed by atoms with van der Waals surface area (Å²) in [7, 11) is 1.71. The summed E-state index contributed by atoms with van der Waals surface area (Å²) in [6.45, 7) is 3.86. The van der Waals surface area contributed by atoms with Crippen LogP contribution in [0.4, 0.5) is 5.69 Å². The molecule has 1 saturated heterocycles. The van der Waals surface area contributed by atoms with Gasteiger partial charge in [-0.3, -0.25) is 4.79 Å². The van der Waals surface area contributed by atoms with Crippen molar-refractivity contribution in [2.45, 2.75) is 19.3 Å². The van der Waals surface area contributed by atoms with Crippen LogP contribution in [0.1, 0.15) is 28.9 Å². The third kappa shape index (κ3) is 5.57. The number of nitrogens with one attached hydrogen (secondary N) is 1. The molecule has 0 aliphatic carbocycles. The number of aromatic amines is 1. The second-order valence-electron chi connectivity index (χ2n) is 9.43. The Kier molecular flexibility index (Phi) is 7.15. The first-order valence-electron chi connectivity index (χ1n) is 12.5. The molecule has 2 heterocycles. The lowest BCUT2D eigenvalue weighted by Crippen LogP contribution is -2.43. The second-order valence-corrected chi connectivity index (χ2v) is 9.43. The molecule has 0 spiro atoms. The van der Waals surface area contributed by atoms with Crippen molar-refractivity contribution in [1.29, 1.82) is 0 Å².